The molecule has 0 spiro atoms. The van der Waals surface area contributed by atoms with Crippen LogP contribution in [0.25, 0.3) is 0 Å². The van der Waals surface area contributed by atoms with Gasteiger partial charge in [-0.2, -0.15) is 0 Å². The summed E-state index contributed by atoms with van der Waals surface area (Å²) in [5.74, 6) is 0. The summed E-state index contributed by atoms with van der Waals surface area (Å²) >= 11 is 0. The predicted molar refractivity (Wildman–Crippen MR) is 78.3 cm³/mol. The van der Waals surface area contributed by atoms with E-state index >= 15 is 0 Å². The van der Waals surface area contributed by atoms with Crippen molar-refractivity contribution < 1.29 is 43.1 Å². The molecule has 0 unspecified atom stereocenters. The monoisotopic (exact) mass is 385 g/mol. The summed E-state index contributed by atoms with van der Waals surface area (Å²) in [6.07, 6.45) is -1.66. The van der Waals surface area contributed by atoms with Gasteiger partial charge in [-0.15, -0.1) is 0 Å². The lowest BCUT2D eigenvalue weighted by atomic mass is 10.5. The summed E-state index contributed by atoms with van der Waals surface area (Å²) in [4.78, 5) is 53.8. The summed E-state index contributed by atoms with van der Waals surface area (Å²) in [5.41, 5.74) is 0. The Labute approximate surface area is 127 Å². The van der Waals surface area contributed by atoms with Crippen molar-refractivity contribution in [2.45, 2.75) is 0 Å². The van der Waals surface area contributed by atoms with Crippen LogP contribution in [0.4, 0.5) is 0 Å². The van der Waals surface area contributed by atoms with E-state index in [4.69, 9.17) is 29.4 Å². The molecular weight excluding hydrogens is 363 g/mol. The lowest BCUT2D eigenvalue weighted by Crippen LogP contribution is -2.37. The van der Waals surface area contributed by atoms with Crippen molar-refractivity contribution in [2.24, 2.45) is 0 Å². The van der Waals surface area contributed by atoms with Crippen molar-refractivity contribution in [3.05, 3.63) is 0 Å². The molecule has 15 heteroatoms. The molecule has 0 aliphatic rings. The fourth-order valence-corrected chi connectivity index (χ4v) is 3.14. The Hall–Kier alpha value is 0.330. The van der Waals surface area contributed by atoms with Crippen molar-refractivity contribution in [2.75, 3.05) is 45.0 Å². The molecule has 0 bridgehead atoms. The molecule has 0 aromatic heterocycles. The second-order valence-electron chi connectivity index (χ2n) is 4.57. The topological polar surface area (TPSA) is 200 Å². The van der Waals surface area contributed by atoms with E-state index < -0.39 is 41.6 Å². The number of hydrogen-bond donors (Lipinski definition) is 8. The Morgan fingerprint density at radius 1 is 0.682 bits per heavy atom. The molecule has 8 N–H and O–H groups in total. The summed E-state index contributed by atoms with van der Waals surface area (Å²) in [5, 5.41) is 4.91. The smallest absolute Gasteiger partial charge is 0.324 e. The van der Waals surface area contributed by atoms with Crippen LogP contribution in [-0.2, 0) is 13.7 Å². The van der Waals surface area contributed by atoms with Crippen LogP contribution < -0.4 is 10.6 Å². The van der Waals surface area contributed by atoms with Gasteiger partial charge in [0.15, 0.2) is 0 Å². The highest BCUT2D eigenvalue weighted by Crippen LogP contribution is 2.35. The Morgan fingerprint density at radius 2 is 1.05 bits per heavy atom. The van der Waals surface area contributed by atoms with Gasteiger partial charge in [-0.3, -0.25) is 18.6 Å². The van der Waals surface area contributed by atoms with Gasteiger partial charge in [0.1, 0.15) is 6.29 Å². The van der Waals surface area contributed by atoms with Crippen molar-refractivity contribution in [1.29, 1.82) is 0 Å². The first-order valence-electron chi connectivity index (χ1n) is 6.06. The summed E-state index contributed by atoms with van der Waals surface area (Å²) in [6, 6.07) is 0. The predicted octanol–water partition coefficient (Wildman–Crippen LogP) is -2.13. The largest absolute Gasteiger partial charge is 0.339 e. The highest BCUT2D eigenvalue weighted by molar-refractivity contribution is 7.52. The van der Waals surface area contributed by atoms with E-state index in [9.17, 15) is 13.7 Å². The maximum atomic E-state index is 11.0. The van der Waals surface area contributed by atoms with Gasteiger partial charge in [-0.25, -0.2) is 0 Å². The normalized spacial score (nSPS) is 13.8. The van der Waals surface area contributed by atoms with Gasteiger partial charge in [0.2, 0.25) is 0 Å². The molecule has 0 amide bonds. The molecule has 0 rings (SSSR count). The second-order valence-corrected chi connectivity index (χ2v) is 9.47. The van der Waals surface area contributed by atoms with Crippen LogP contribution in [-0.4, -0.2) is 79.3 Å². The van der Waals surface area contributed by atoms with Crippen LogP contribution in [0.15, 0.2) is 0 Å². The molecule has 0 fully saturated rings. The average Bonchev–Trinajstić information content (AvgIpc) is 2.25. The molecule has 0 saturated carbocycles. The Balaban J connectivity index is 4.18. The average molecular weight is 385 g/mol. The molecule has 0 aliphatic carbocycles. The van der Waals surface area contributed by atoms with E-state index in [1.807, 2.05) is 0 Å². The van der Waals surface area contributed by atoms with E-state index in [0.717, 1.165) is 0 Å². The molecule has 0 atom stereocenters. The molecule has 0 saturated heterocycles. The Bertz CT molecular complexity index is 427. The highest BCUT2D eigenvalue weighted by Gasteiger charge is 2.20. The number of nitrogens with zero attached hydrogens (tertiary/aromatic N) is 1. The van der Waals surface area contributed by atoms with Crippen molar-refractivity contribution >= 4 is 22.8 Å². The van der Waals surface area contributed by atoms with Gasteiger partial charge in [-0.1, -0.05) is 0 Å². The summed E-state index contributed by atoms with van der Waals surface area (Å²) in [6.45, 7) is 0.374. The summed E-state index contributed by atoms with van der Waals surface area (Å²) < 4.78 is 32.2. The molecule has 0 heterocycles. The maximum Gasteiger partial charge on any atom is 0.339 e. The van der Waals surface area contributed by atoms with Gasteiger partial charge in [-0.05, 0) is 0 Å². The lowest BCUT2D eigenvalue weighted by Gasteiger charge is -2.23. The maximum absolute atomic E-state index is 11.0. The second kappa shape index (κ2) is 9.58. The SMILES string of the molecule is O=P(O)(O)CNCCN(CCNCP(=O)(O)O)CP(=O)(O)O. The van der Waals surface area contributed by atoms with E-state index in [1.165, 1.54) is 4.90 Å². The number of nitrogens with one attached hydrogen (secondary N) is 2. The third kappa shape index (κ3) is 16.7. The summed E-state index contributed by atoms with van der Waals surface area (Å²) in [7, 11) is -12.7. The molecule has 0 aliphatic heterocycles. The van der Waals surface area contributed by atoms with Crippen molar-refractivity contribution in [3.63, 3.8) is 0 Å². The van der Waals surface area contributed by atoms with Crippen LogP contribution in [0, 0.1) is 0 Å². The van der Waals surface area contributed by atoms with Gasteiger partial charge in [0, 0.05) is 26.2 Å². The van der Waals surface area contributed by atoms with Crippen LogP contribution >= 0.6 is 22.8 Å². The minimum absolute atomic E-state index is 0.0869. The minimum atomic E-state index is -4.32. The van der Waals surface area contributed by atoms with Gasteiger partial charge in [0.25, 0.3) is 0 Å². The van der Waals surface area contributed by atoms with Crippen molar-refractivity contribution in [1.82, 2.24) is 15.5 Å². The van der Waals surface area contributed by atoms with Crippen LogP contribution in [0.2, 0.25) is 0 Å². The molecule has 0 aromatic rings. The molecule has 0 radical (unpaired) electrons. The third-order valence-electron chi connectivity index (χ3n) is 2.23. The standard InChI is InChI=1S/C7H22N3O9P3/c11-20(12,13)5-8-1-3-10(7-22(17,18)19)4-2-9-6-21(14,15)16/h8-9H,1-7H2,(H2,11,12,13)(H2,14,15,16)(H2,17,18,19). The van der Waals surface area contributed by atoms with E-state index in [0.29, 0.717) is 0 Å². The van der Waals surface area contributed by atoms with Gasteiger partial charge in [0.05, 0.1) is 12.6 Å². The van der Waals surface area contributed by atoms with Crippen molar-refractivity contribution in [3.8, 4) is 0 Å². The van der Waals surface area contributed by atoms with Crippen LogP contribution in [0.1, 0.15) is 0 Å². The van der Waals surface area contributed by atoms with Crippen LogP contribution in [0.3, 0.4) is 0 Å². The molecule has 0 aromatic carbocycles. The highest BCUT2D eigenvalue weighted by atomic mass is 31.2. The fraction of sp³-hybridized carbons (Fsp3) is 1.00. The zero-order chi connectivity index (χ0) is 17.4. The fourth-order valence-electron chi connectivity index (χ4n) is 1.44. The number of hydrogen-bond acceptors (Lipinski definition) is 6. The zero-order valence-electron chi connectivity index (χ0n) is 11.6. The van der Waals surface area contributed by atoms with Crippen LogP contribution in [0.5, 0.6) is 0 Å². The quantitative estimate of drug-likeness (QED) is 0.134. The Morgan fingerprint density at radius 3 is 1.32 bits per heavy atom. The van der Waals surface area contributed by atoms with E-state index in [-0.39, 0.29) is 26.2 Å². The molecule has 134 valence electrons. The first kappa shape index (κ1) is 22.3. The first-order chi connectivity index (χ1) is 9.79. The zero-order valence-corrected chi connectivity index (χ0v) is 14.3. The number of rotatable bonds is 12. The minimum Gasteiger partial charge on any atom is -0.324 e. The van der Waals surface area contributed by atoms with E-state index in [1.54, 1.807) is 0 Å². The van der Waals surface area contributed by atoms with Gasteiger partial charge >= 0.3 is 22.8 Å². The van der Waals surface area contributed by atoms with Gasteiger partial charge < -0.3 is 40.0 Å². The Kier molecular flexibility index (Phi) is 9.73. The molecular formula is C7H22N3O9P3. The third-order valence-corrected chi connectivity index (χ3v) is 4.27. The van der Waals surface area contributed by atoms with E-state index in [2.05, 4.69) is 10.6 Å². The molecule has 22 heavy (non-hydrogen) atoms. The lowest BCUT2D eigenvalue weighted by molar-refractivity contribution is 0.274. The first-order valence-corrected chi connectivity index (χ1v) is 11.5. The molecule has 12 nitrogen and oxygen atoms in total.